The number of hydrogen-bond acceptors (Lipinski definition) is 1. The molecule has 1 heteroatoms. The van der Waals surface area contributed by atoms with Gasteiger partial charge in [0.2, 0.25) is 0 Å². The number of hydrogen-bond donors (Lipinski definition) is 1. The Hall–Kier alpha value is -2.54. The van der Waals surface area contributed by atoms with Crippen molar-refractivity contribution in [1.82, 2.24) is 0 Å². The summed E-state index contributed by atoms with van der Waals surface area (Å²) >= 11 is 0. The lowest BCUT2D eigenvalue weighted by Crippen LogP contribution is -1.98. The second kappa shape index (κ2) is 15.4. The average Bonchev–Trinajstić information content (AvgIpc) is 2.77. The van der Waals surface area contributed by atoms with E-state index in [1.54, 1.807) is 12.2 Å². The van der Waals surface area contributed by atoms with Crippen molar-refractivity contribution in [3.05, 3.63) is 96.7 Å². The van der Waals surface area contributed by atoms with Crippen molar-refractivity contribution >= 4 is 0 Å². The van der Waals surface area contributed by atoms with Crippen molar-refractivity contribution < 1.29 is 0 Å². The highest BCUT2D eigenvalue weighted by Crippen LogP contribution is 2.29. The molecule has 2 N–H and O–H groups in total. The molecule has 2 aromatic carbocycles. The van der Waals surface area contributed by atoms with Gasteiger partial charge in [0.25, 0.3) is 0 Å². The minimum absolute atomic E-state index is 0.729. The summed E-state index contributed by atoms with van der Waals surface area (Å²) < 4.78 is 0. The van der Waals surface area contributed by atoms with Crippen LogP contribution in [0.4, 0.5) is 0 Å². The van der Waals surface area contributed by atoms with Gasteiger partial charge in [0.15, 0.2) is 0 Å². The molecule has 2 aromatic rings. The molecular weight excluding hydrogens is 350 g/mol. The predicted octanol–water partition coefficient (Wildman–Crippen LogP) is 8.19. The molecule has 0 aromatic heterocycles. The summed E-state index contributed by atoms with van der Waals surface area (Å²) in [4.78, 5) is 0. The van der Waals surface area contributed by atoms with Crippen molar-refractivity contribution in [2.24, 2.45) is 5.73 Å². The maximum atomic E-state index is 4.89. The fraction of sp³-hybridized carbons (Fsp3) is 0.357. The topological polar surface area (TPSA) is 26.0 Å². The molecule has 0 saturated carbocycles. The molecule has 0 spiro atoms. The summed E-state index contributed by atoms with van der Waals surface area (Å²) in [5.74, 6) is 0.729. The number of benzene rings is 2. The van der Waals surface area contributed by atoms with Crippen LogP contribution in [-0.2, 0) is 6.42 Å². The molecule has 0 aliphatic rings. The van der Waals surface area contributed by atoms with Gasteiger partial charge >= 0.3 is 0 Å². The summed E-state index contributed by atoms with van der Waals surface area (Å²) in [6, 6.07) is 18.3. The highest BCUT2D eigenvalue weighted by Gasteiger charge is 2.10. The van der Waals surface area contributed by atoms with Crippen LogP contribution in [0.3, 0.4) is 0 Å². The zero-order chi connectivity index (χ0) is 21.3. The van der Waals surface area contributed by atoms with Crippen LogP contribution in [0.5, 0.6) is 0 Å². The van der Waals surface area contributed by atoms with Gasteiger partial charge in [0, 0.05) is 0 Å². The van der Waals surface area contributed by atoms with Crippen LogP contribution < -0.4 is 5.73 Å². The standard InChI is InChI=1S/C24H32.C4H7N/c1-4-7-10-20-12-14-22(15-13-20)24-18-16-23(17-19-24)21(9-6-3)11-8-5-2;1-2-3-4-5/h4,7,12-19,21H,5-6,8-11H2,1-3H3;2-4H,1,5H2/b7-4-;4-3+. The van der Waals surface area contributed by atoms with Gasteiger partial charge in [-0.2, -0.15) is 0 Å². The van der Waals surface area contributed by atoms with E-state index in [4.69, 9.17) is 5.73 Å². The third-order valence-corrected chi connectivity index (χ3v) is 5.05. The van der Waals surface area contributed by atoms with E-state index in [0.29, 0.717) is 0 Å². The number of rotatable bonds is 10. The third-order valence-electron chi connectivity index (χ3n) is 5.05. The lowest BCUT2D eigenvalue weighted by molar-refractivity contribution is 0.541. The quantitative estimate of drug-likeness (QED) is 0.321. The Balaban J connectivity index is 0.000000749. The van der Waals surface area contributed by atoms with E-state index in [0.717, 1.165) is 12.3 Å². The Kier molecular flexibility index (Phi) is 13.0. The molecule has 2 rings (SSSR count). The zero-order valence-electron chi connectivity index (χ0n) is 18.6. The van der Waals surface area contributed by atoms with E-state index in [1.807, 2.05) is 0 Å². The fourth-order valence-electron chi connectivity index (χ4n) is 3.39. The Morgan fingerprint density at radius 2 is 1.52 bits per heavy atom. The van der Waals surface area contributed by atoms with Gasteiger partial charge in [0.1, 0.15) is 0 Å². The summed E-state index contributed by atoms with van der Waals surface area (Å²) in [5, 5.41) is 0. The van der Waals surface area contributed by atoms with Crippen molar-refractivity contribution in [2.45, 2.75) is 65.2 Å². The van der Waals surface area contributed by atoms with Gasteiger partial charge in [-0.1, -0.05) is 106 Å². The first kappa shape index (κ1) is 24.5. The van der Waals surface area contributed by atoms with Crippen LogP contribution in [0.2, 0.25) is 0 Å². The van der Waals surface area contributed by atoms with E-state index in [2.05, 4.69) is 88.0 Å². The monoisotopic (exact) mass is 389 g/mol. The van der Waals surface area contributed by atoms with Gasteiger partial charge in [-0.15, -0.1) is 0 Å². The summed E-state index contributed by atoms with van der Waals surface area (Å²) in [6.45, 7) is 10.0. The van der Waals surface area contributed by atoms with Crippen molar-refractivity contribution in [3.8, 4) is 11.1 Å². The third kappa shape index (κ3) is 9.47. The zero-order valence-corrected chi connectivity index (χ0v) is 18.6. The van der Waals surface area contributed by atoms with E-state index in [-0.39, 0.29) is 0 Å². The van der Waals surface area contributed by atoms with Crippen LogP contribution in [-0.4, -0.2) is 0 Å². The molecule has 1 nitrogen and oxygen atoms in total. The molecule has 0 aliphatic heterocycles. The van der Waals surface area contributed by atoms with Crippen molar-refractivity contribution in [1.29, 1.82) is 0 Å². The normalized spacial score (nSPS) is 12.0. The first-order valence-electron chi connectivity index (χ1n) is 11.0. The predicted molar refractivity (Wildman–Crippen MR) is 131 cm³/mol. The van der Waals surface area contributed by atoms with Crippen molar-refractivity contribution in [2.75, 3.05) is 0 Å². The Bertz CT molecular complexity index is 720. The second-order valence-corrected chi connectivity index (χ2v) is 7.34. The average molecular weight is 390 g/mol. The highest BCUT2D eigenvalue weighted by molar-refractivity contribution is 5.64. The van der Waals surface area contributed by atoms with Crippen molar-refractivity contribution in [3.63, 3.8) is 0 Å². The van der Waals surface area contributed by atoms with Crippen LogP contribution in [0.15, 0.2) is 85.6 Å². The minimum Gasteiger partial charge on any atom is -0.405 e. The van der Waals surface area contributed by atoms with Crippen LogP contribution in [0.1, 0.15) is 69.9 Å². The second-order valence-electron chi connectivity index (χ2n) is 7.34. The number of nitrogens with two attached hydrogens (primary N) is 1. The highest BCUT2D eigenvalue weighted by atomic mass is 14.5. The Morgan fingerprint density at radius 1 is 0.897 bits per heavy atom. The van der Waals surface area contributed by atoms with E-state index >= 15 is 0 Å². The van der Waals surface area contributed by atoms with Gasteiger partial charge in [0.05, 0.1) is 0 Å². The van der Waals surface area contributed by atoms with Crippen LogP contribution in [0, 0.1) is 0 Å². The molecule has 156 valence electrons. The molecule has 0 aliphatic carbocycles. The molecule has 29 heavy (non-hydrogen) atoms. The molecule has 0 fully saturated rings. The molecular formula is C28H39N. The van der Waals surface area contributed by atoms with E-state index < -0.39 is 0 Å². The van der Waals surface area contributed by atoms with Crippen LogP contribution in [0.25, 0.3) is 11.1 Å². The Morgan fingerprint density at radius 3 is 1.97 bits per heavy atom. The number of allylic oxidation sites excluding steroid dienone is 4. The first-order valence-corrected chi connectivity index (χ1v) is 11.0. The molecule has 1 unspecified atom stereocenters. The first-order chi connectivity index (χ1) is 14.2. The van der Waals surface area contributed by atoms with Gasteiger partial charge in [-0.25, -0.2) is 0 Å². The summed E-state index contributed by atoms with van der Waals surface area (Å²) in [5.41, 5.74) is 10.4. The molecule has 0 saturated heterocycles. The van der Waals surface area contributed by atoms with Gasteiger partial charge in [-0.3, -0.25) is 0 Å². The largest absolute Gasteiger partial charge is 0.405 e. The fourth-order valence-corrected chi connectivity index (χ4v) is 3.39. The smallest absolute Gasteiger partial charge is 0.00626 e. The lowest BCUT2D eigenvalue weighted by atomic mass is 9.88. The summed E-state index contributed by atoms with van der Waals surface area (Å²) in [6.07, 6.45) is 16.6. The van der Waals surface area contributed by atoms with Gasteiger partial charge < -0.3 is 5.73 Å². The maximum absolute atomic E-state index is 4.89. The molecule has 0 radical (unpaired) electrons. The minimum atomic E-state index is 0.729. The lowest BCUT2D eigenvalue weighted by Gasteiger charge is -2.17. The molecule has 0 bridgehead atoms. The summed E-state index contributed by atoms with van der Waals surface area (Å²) in [7, 11) is 0. The molecule has 1 atom stereocenters. The SMILES string of the molecule is C/C=C\Cc1ccc(-c2ccc(C(CCC)CCCC)cc2)cc1.C=C/C=C/N. The molecule has 0 heterocycles. The van der Waals surface area contributed by atoms with Gasteiger partial charge in [-0.05, 0) is 66.6 Å². The molecule has 0 amide bonds. The Labute approximate surface area is 179 Å². The maximum Gasteiger partial charge on any atom is -0.00626 e. The van der Waals surface area contributed by atoms with E-state index in [1.165, 1.54) is 60.6 Å². The van der Waals surface area contributed by atoms with E-state index in [9.17, 15) is 0 Å². The number of unbranched alkanes of at least 4 members (excludes halogenated alkanes) is 1. The van der Waals surface area contributed by atoms with Crippen LogP contribution >= 0.6 is 0 Å².